The van der Waals surface area contributed by atoms with Crippen LogP contribution in [-0.4, -0.2) is 25.9 Å². The average Bonchev–Trinajstić information content (AvgIpc) is 2.73. The van der Waals surface area contributed by atoms with Crippen LogP contribution >= 0.6 is 0 Å². The Balaban J connectivity index is 1.71. The minimum absolute atomic E-state index is 0.00443. The Morgan fingerprint density at radius 2 is 1.79 bits per heavy atom. The molecule has 2 unspecified atom stereocenters. The lowest BCUT2D eigenvalue weighted by Gasteiger charge is -2.29. The molecular weight excluding hydrogens is 381 g/mol. The lowest BCUT2D eigenvalue weighted by atomic mass is 9.96. The maximum atomic E-state index is 14.7. The minimum atomic E-state index is -1.12. The number of hydrogen-bond donors (Lipinski definition) is 0. The fourth-order valence-corrected chi connectivity index (χ4v) is 3.47. The van der Waals surface area contributed by atoms with Crippen molar-refractivity contribution in [2.24, 2.45) is 0 Å². The zero-order chi connectivity index (χ0) is 20.8. The van der Waals surface area contributed by atoms with Gasteiger partial charge in [0.1, 0.15) is 5.82 Å². The Labute approximate surface area is 169 Å². The van der Waals surface area contributed by atoms with Gasteiger partial charge < -0.3 is 14.2 Å². The fourth-order valence-electron chi connectivity index (χ4n) is 3.47. The molecule has 158 valence electrons. The highest BCUT2D eigenvalue weighted by Gasteiger charge is 2.25. The second-order valence-corrected chi connectivity index (χ2v) is 7.16. The van der Waals surface area contributed by atoms with Crippen molar-refractivity contribution >= 4 is 0 Å². The molecule has 3 rings (SSSR count). The Morgan fingerprint density at radius 1 is 1.00 bits per heavy atom. The highest BCUT2D eigenvalue weighted by atomic mass is 19.2. The lowest BCUT2D eigenvalue weighted by molar-refractivity contribution is -0.0872. The molecule has 6 heteroatoms. The van der Waals surface area contributed by atoms with Crippen LogP contribution in [0.5, 0.6) is 5.75 Å². The van der Waals surface area contributed by atoms with Gasteiger partial charge in [-0.2, -0.15) is 4.39 Å². The van der Waals surface area contributed by atoms with Crippen molar-refractivity contribution in [1.82, 2.24) is 0 Å². The molecule has 0 aromatic heterocycles. The number of hydrogen-bond acceptors (Lipinski definition) is 3. The van der Waals surface area contributed by atoms with Crippen LogP contribution in [-0.2, 0) is 9.47 Å². The molecule has 29 heavy (non-hydrogen) atoms. The highest BCUT2D eigenvalue weighted by molar-refractivity contribution is 5.66. The normalized spacial score (nSPS) is 19.3. The number of unbranched alkanes of at least 4 members (excludes halogenated alkanes) is 1. The summed E-state index contributed by atoms with van der Waals surface area (Å²) in [7, 11) is 0. The first-order valence-corrected chi connectivity index (χ1v) is 10.2. The summed E-state index contributed by atoms with van der Waals surface area (Å²) in [5.41, 5.74) is 0.554. The van der Waals surface area contributed by atoms with Crippen molar-refractivity contribution in [3.05, 3.63) is 53.3 Å². The first kappa shape index (κ1) is 21.7. The first-order chi connectivity index (χ1) is 14.0. The van der Waals surface area contributed by atoms with Crippen molar-refractivity contribution in [2.45, 2.75) is 51.7 Å². The molecule has 0 spiro atoms. The van der Waals surface area contributed by atoms with Crippen LogP contribution in [0, 0.1) is 17.5 Å². The molecule has 3 nitrogen and oxygen atoms in total. The van der Waals surface area contributed by atoms with Gasteiger partial charge in [-0.05, 0) is 49.9 Å². The number of rotatable bonds is 8. The standard InChI is InChI=1S/C23H27F3O3/c1-3-5-12-28-16-7-10-20(29-14-16)15-6-8-17(19(24)13-15)18-9-11-21(27-4-2)23(26)22(18)25/h6,8-9,11,13,16,20H,3-5,7,10,12,14H2,1-2H3. The lowest BCUT2D eigenvalue weighted by Crippen LogP contribution is -2.28. The van der Waals surface area contributed by atoms with E-state index in [1.807, 2.05) is 0 Å². The van der Waals surface area contributed by atoms with Crippen LogP contribution in [0.15, 0.2) is 30.3 Å². The molecule has 2 atom stereocenters. The van der Waals surface area contributed by atoms with E-state index >= 15 is 0 Å². The summed E-state index contributed by atoms with van der Waals surface area (Å²) in [5.74, 6) is -3.03. The van der Waals surface area contributed by atoms with Crippen LogP contribution in [0.2, 0.25) is 0 Å². The Bertz CT molecular complexity index is 817. The Kier molecular flexibility index (Phi) is 7.56. The Hall–Kier alpha value is -2.05. The third-order valence-electron chi connectivity index (χ3n) is 5.09. The SMILES string of the molecule is CCCCOC1CCC(c2ccc(-c3ccc(OCC)c(F)c3F)c(F)c2)OC1. The molecule has 0 bridgehead atoms. The summed E-state index contributed by atoms with van der Waals surface area (Å²) in [6, 6.07) is 7.15. The molecule has 2 aromatic carbocycles. The van der Waals surface area contributed by atoms with Gasteiger partial charge in [0.05, 0.1) is 25.4 Å². The van der Waals surface area contributed by atoms with E-state index < -0.39 is 17.5 Å². The predicted octanol–water partition coefficient (Wildman–Crippen LogP) is 6.21. The largest absolute Gasteiger partial charge is 0.491 e. The second kappa shape index (κ2) is 10.1. The van der Waals surface area contributed by atoms with Crippen molar-refractivity contribution in [3.63, 3.8) is 0 Å². The molecule has 1 saturated heterocycles. The van der Waals surface area contributed by atoms with Gasteiger partial charge in [0.25, 0.3) is 0 Å². The summed E-state index contributed by atoms with van der Waals surface area (Å²) in [6.45, 7) is 5.20. The molecule has 0 amide bonds. The summed E-state index contributed by atoms with van der Waals surface area (Å²) in [5, 5.41) is 0. The Morgan fingerprint density at radius 3 is 2.45 bits per heavy atom. The number of ether oxygens (including phenoxy) is 3. The van der Waals surface area contributed by atoms with Crippen LogP contribution in [0.1, 0.15) is 51.2 Å². The predicted molar refractivity (Wildman–Crippen MR) is 105 cm³/mol. The van der Waals surface area contributed by atoms with Gasteiger partial charge in [-0.3, -0.25) is 0 Å². The van der Waals surface area contributed by atoms with Gasteiger partial charge in [-0.1, -0.05) is 25.5 Å². The minimum Gasteiger partial charge on any atom is -0.491 e. The van der Waals surface area contributed by atoms with E-state index in [1.165, 1.54) is 24.3 Å². The van der Waals surface area contributed by atoms with Gasteiger partial charge in [0.2, 0.25) is 5.82 Å². The molecule has 1 aliphatic heterocycles. The molecular formula is C23H27F3O3. The van der Waals surface area contributed by atoms with Crippen LogP contribution in [0.25, 0.3) is 11.1 Å². The second-order valence-electron chi connectivity index (χ2n) is 7.16. The molecule has 0 N–H and O–H groups in total. The van der Waals surface area contributed by atoms with Crippen molar-refractivity contribution in [3.8, 4) is 16.9 Å². The number of halogens is 3. The zero-order valence-corrected chi connectivity index (χ0v) is 16.8. The molecule has 1 heterocycles. The quantitative estimate of drug-likeness (QED) is 0.486. The third-order valence-corrected chi connectivity index (χ3v) is 5.09. The van der Waals surface area contributed by atoms with Gasteiger partial charge in [0.15, 0.2) is 11.6 Å². The summed E-state index contributed by atoms with van der Waals surface area (Å²) in [4.78, 5) is 0. The third kappa shape index (κ3) is 5.11. The smallest absolute Gasteiger partial charge is 0.201 e. The van der Waals surface area contributed by atoms with Gasteiger partial charge >= 0.3 is 0 Å². The van der Waals surface area contributed by atoms with Gasteiger partial charge in [0, 0.05) is 17.7 Å². The monoisotopic (exact) mass is 408 g/mol. The molecule has 0 radical (unpaired) electrons. The van der Waals surface area contributed by atoms with Crippen molar-refractivity contribution < 1.29 is 27.4 Å². The van der Waals surface area contributed by atoms with E-state index in [0.717, 1.165) is 32.3 Å². The maximum absolute atomic E-state index is 14.7. The molecule has 0 aliphatic carbocycles. The van der Waals surface area contributed by atoms with E-state index in [4.69, 9.17) is 14.2 Å². The number of benzene rings is 2. The summed E-state index contributed by atoms with van der Waals surface area (Å²) < 4.78 is 59.9. The zero-order valence-electron chi connectivity index (χ0n) is 16.8. The van der Waals surface area contributed by atoms with E-state index in [1.54, 1.807) is 13.0 Å². The van der Waals surface area contributed by atoms with E-state index in [-0.39, 0.29) is 35.7 Å². The highest BCUT2D eigenvalue weighted by Crippen LogP contribution is 2.35. The first-order valence-electron chi connectivity index (χ1n) is 10.2. The van der Waals surface area contributed by atoms with Crippen LogP contribution < -0.4 is 4.74 Å². The summed E-state index contributed by atoms with van der Waals surface area (Å²) >= 11 is 0. The fraction of sp³-hybridized carbons (Fsp3) is 0.478. The molecule has 2 aromatic rings. The average molecular weight is 408 g/mol. The van der Waals surface area contributed by atoms with Crippen molar-refractivity contribution in [1.29, 1.82) is 0 Å². The molecule has 1 aliphatic rings. The molecule has 0 saturated carbocycles. The van der Waals surface area contributed by atoms with Gasteiger partial charge in [-0.25, -0.2) is 8.78 Å². The summed E-state index contributed by atoms with van der Waals surface area (Å²) in [6.07, 6.45) is 3.52. The van der Waals surface area contributed by atoms with E-state index in [2.05, 4.69) is 6.92 Å². The van der Waals surface area contributed by atoms with Gasteiger partial charge in [-0.15, -0.1) is 0 Å². The van der Waals surface area contributed by atoms with Crippen LogP contribution in [0.3, 0.4) is 0 Å². The van der Waals surface area contributed by atoms with Crippen LogP contribution in [0.4, 0.5) is 13.2 Å². The maximum Gasteiger partial charge on any atom is 0.201 e. The van der Waals surface area contributed by atoms with Crippen molar-refractivity contribution in [2.75, 3.05) is 19.8 Å². The van der Waals surface area contributed by atoms with E-state index in [9.17, 15) is 13.2 Å². The van der Waals surface area contributed by atoms with E-state index in [0.29, 0.717) is 12.2 Å². The molecule has 1 fully saturated rings. The topological polar surface area (TPSA) is 27.7 Å².